The van der Waals surface area contributed by atoms with Crippen LogP contribution in [0.5, 0.6) is 5.75 Å². The number of aromatic carboxylic acids is 1. The van der Waals surface area contributed by atoms with E-state index in [-0.39, 0.29) is 30.4 Å². The van der Waals surface area contributed by atoms with Crippen LogP contribution in [-0.2, 0) is 11.3 Å². The molecule has 1 aliphatic carbocycles. The number of methoxy groups -OCH3 is 1. The Morgan fingerprint density at radius 3 is 2.65 bits per heavy atom. The number of hydrogen-bond acceptors (Lipinski definition) is 4. The molecule has 2 aromatic carbocycles. The quantitative estimate of drug-likeness (QED) is 0.383. The minimum atomic E-state index is -2.65. The lowest BCUT2D eigenvalue weighted by Gasteiger charge is -2.55. The summed E-state index contributed by atoms with van der Waals surface area (Å²) in [6, 6.07) is 8.37. The van der Waals surface area contributed by atoms with E-state index in [0.717, 1.165) is 33.3 Å². The fourth-order valence-electron chi connectivity index (χ4n) is 6.30. The van der Waals surface area contributed by atoms with Gasteiger partial charge in [0.05, 0.1) is 12.7 Å². The predicted molar refractivity (Wildman–Crippen MR) is 136 cm³/mol. The molecule has 1 aliphatic heterocycles. The molecule has 2 aliphatic rings. The Bertz CT molecular complexity index is 1380. The van der Waals surface area contributed by atoms with Gasteiger partial charge < -0.3 is 20.1 Å². The van der Waals surface area contributed by atoms with Gasteiger partial charge in [0, 0.05) is 60.7 Å². The maximum Gasteiger partial charge on any atom is 0.335 e. The van der Waals surface area contributed by atoms with Crippen LogP contribution in [0, 0.1) is 12.3 Å². The molecule has 1 aromatic heterocycles. The first-order valence-corrected chi connectivity index (χ1v) is 12.4. The molecule has 1 amide bonds. The summed E-state index contributed by atoms with van der Waals surface area (Å²) in [6.07, 6.45) is 2.73. The number of nitrogens with zero attached hydrogens (tertiary/aromatic N) is 1. The Morgan fingerprint density at radius 2 is 2.00 bits per heavy atom. The largest absolute Gasteiger partial charge is 0.496 e. The number of carboxylic acids is 1. The lowest BCUT2D eigenvalue weighted by Crippen LogP contribution is -2.53. The number of halogens is 2. The maximum absolute atomic E-state index is 14.1. The van der Waals surface area contributed by atoms with Crippen LogP contribution in [0.1, 0.15) is 65.7 Å². The summed E-state index contributed by atoms with van der Waals surface area (Å²) < 4.78 is 33.9. The molecule has 1 spiro atoms. The van der Waals surface area contributed by atoms with Gasteiger partial charge in [0.25, 0.3) is 0 Å². The molecule has 3 N–H and O–H groups in total. The van der Waals surface area contributed by atoms with Crippen molar-refractivity contribution < 1.29 is 28.2 Å². The summed E-state index contributed by atoms with van der Waals surface area (Å²) in [7, 11) is 1.63. The van der Waals surface area contributed by atoms with Gasteiger partial charge in [-0.05, 0) is 67.1 Å². The van der Waals surface area contributed by atoms with E-state index in [1.54, 1.807) is 13.2 Å². The van der Waals surface area contributed by atoms with E-state index in [9.17, 15) is 23.5 Å². The van der Waals surface area contributed by atoms with Crippen molar-refractivity contribution in [2.75, 3.05) is 19.0 Å². The van der Waals surface area contributed by atoms with Crippen LogP contribution in [0.4, 0.5) is 14.5 Å². The summed E-state index contributed by atoms with van der Waals surface area (Å²) in [5.41, 5.74) is 3.76. The van der Waals surface area contributed by atoms with E-state index < -0.39 is 17.3 Å². The Labute approximate surface area is 213 Å². The van der Waals surface area contributed by atoms with Crippen LogP contribution in [0.2, 0.25) is 0 Å². The number of carbonyl (C=O) groups excluding carboxylic acids is 1. The van der Waals surface area contributed by atoms with Crippen molar-refractivity contribution in [3.05, 3.63) is 58.8 Å². The number of benzene rings is 2. The SMILES string of the molecule is COc1cc(C)c2[nH]ccc2c1CN1CCC2(CC1c1ccc(C(=O)O)cc1NC(C)=O)CC(F)(F)C2. The third kappa shape index (κ3) is 4.68. The van der Waals surface area contributed by atoms with Gasteiger partial charge in [0.1, 0.15) is 5.75 Å². The number of nitrogens with one attached hydrogen (secondary N) is 2. The zero-order valence-corrected chi connectivity index (χ0v) is 21.2. The Balaban J connectivity index is 1.58. The summed E-state index contributed by atoms with van der Waals surface area (Å²) in [6.45, 7) is 4.47. The van der Waals surface area contributed by atoms with E-state index in [4.69, 9.17) is 4.74 Å². The van der Waals surface area contributed by atoms with E-state index in [1.165, 1.54) is 19.1 Å². The van der Waals surface area contributed by atoms with Crippen molar-refractivity contribution in [1.82, 2.24) is 9.88 Å². The van der Waals surface area contributed by atoms with Crippen LogP contribution in [0.15, 0.2) is 36.5 Å². The Hall–Kier alpha value is -3.46. The first kappa shape index (κ1) is 25.2. The fraction of sp³-hybridized carbons (Fsp3) is 0.429. The van der Waals surface area contributed by atoms with Crippen molar-refractivity contribution in [1.29, 1.82) is 0 Å². The van der Waals surface area contributed by atoms with Crippen molar-refractivity contribution in [3.8, 4) is 5.75 Å². The van der Waals surface area contributed by atoms with Crippen LogP contribution < -0.4 is 10.1 Å². The Kier molecular flexibility index (Phi) is 6.22. The second kappa shape index (κ2) is 9.13. The molecule has 1 unspecified atom stereocenters. The van der Waals surface area contributed by atoms with Gasteiger partial charge in [0.15, 0.2) is 0 Å². The number of anilines is 1. The number of H-pyrrole nitrogens is 1. The zero-order valence-electron chi connectivity index (χ0n) is 21.2. The van der Waals surface area contributed by atoms with E-state index >= 15 is 0 Å². The predicted octanol–water partition coefficient (Wildman–Crippen LogP) is 5.89. The normalized spacial score (nSPS) is 20.5. The molecule has 3 aromatic rings. The third-order valence-electron chi connectivity index (χ3n) is 7.93. The third-order valence-corrected chi connectivity index (χ3v) is 7.93. The van der Waals surface area contributed by atoms with Gasteiger partial charge >= 0.3 is 5.97 Å². The Morgan fingerprint density at radius 1 is 1.24 bits per heavy atom. The van der Waals surface area contributed by atoms with Gasteiger partial charge in [-0.2, -0.15) is 0 Å². The number of carbonyl (C=O) groups is 2. The van der Waals surface area contributed by atoms with Crippen molar-refractivity contribution in [2.24, 2.45) is 5.41 Å². The van der Waals surface area contributed by atoms with E-state index in [2.05, 4.69) is 15.2 Å². The van der Waals surface area contributed by atoms with Crippen LogP contribution >= 0.6 is 0 Å². The summed E-state index contributed by atoms with van der Waals surface area (Å²) in [5, 5.41) is 13.3. The van der Waals surface area contributed by atoms with Crippen LogP contribution in [0.3, 0.4) is 0 Å². The lowest BCUT2D eigenvalue weighted by atomic mass is 9.58. The minimum absolute atomic E-state index is 0.0500. The molecule has 196 valence electrons. The maximum atomic E-state index is 14.1. The molecule has 7 nitrogen and oxygen atoms in total. The average molecular weight is 512 g/mol. The highest BCUT2D eigenvalue weighted by Crippen LogP contribution is 2.61. The number of carboxylic acid groups (broad SMARTS) is 1. The van der Waals surface area contributed by atoms with Crippen molar-refractivity contribution in [3.63, 3.8) is 0 Å². The second-order valence-corrected chi connectivity index (χ2v) is 10.6. The first-order chi connectivity index (χ1) is 17.5. The molecule has 0 radical (unpaired) electrons. The lowest BCUT2D eigenvalue weighted by molar-refractivity contribution is -0.186. The molecule has 0 bridgehead atoms. The number of likely N-dealkylation sites (tertiary alicyclic amines) is 1. The molecule has 1 saturated heterocycles. The molecular formula is C28H31F2N3O4. The van der Waals surface area contributed by atoms with Gasteiger partial charge in [-0.15, -0.1) is 0 Å². The van der Waals surface area contributed by atoms with Gasteiger partial charge in [-0.25, -0.2) is 13.6 Å². The average Bonchev–Trinajstić information content (AvgIpc) is 3.31. The van der Waals surface area contributed by atoms with Crippen LogP contribution in [-0.4, -0.2) is 46.4 Å². The second-order valence-electron chi connectivity index (χ2n) is 10.6. The molecule has 5 rings (SSSR count). The minimum Gasteiger partial charge on any atom is -0.496 e. The van der Waals surface area contributed by atoms with E-state index in [0.29, 0.717) is 31.6 Å². The monoisotopic (exact) mass is 511 g/mol. The number of amides is 1. The molecule has 9 heteroatoms. The van der Waals surface area contributed by atoms with Crippen molar-refractivity contribution >= 4 is 28.5 Å². The molecule has 1 saturated carbocycles. The molecule has 2 heterocycles. The highest BCUT2D eigenvalue weighted by atomic mass is 19.3. The summed E-state index contributed by atoms with van der Waals surface area (Å²) >= 11 is 0. The smallest absolute Gasteiger partial charge is 0.335 e. The standard InChI is InChI=1S/C28H31F2N3O4/c1-16-10-24(37-3)21(19-6-8-31-25(16)19)13-33-9-7-27(14-28(29,30)15-27)12-23(33)20-5-4-18(26(35)36)11-22(20)32-17(2)34/h4-6,8,10-11,23,31H,7,9,12-15H2,1-3H3,(H,32,34)(H,35,36). The molecule has 37 heavy (non-hydrogen) atoms. The number of aryl methyl sites for hydroxylation is 1. The highest BCUT2D eigenvalue weighted by molar-refractivity contribution is 5.94. The number of fused-ring (bicyclic) bond motifs is 1. The molecule has 2 fully saturated rings. The number of aromatic amines is 1. The molecule has 1 atom stereocenters. The number of rotatable bonds is 6. The number of piperidine rings is 1. The summed E-state index contributed by atoms with van der Waals surface area (Å²) in [5.74, 6) is -3.34. The van der Waals surface area contributed by atoms with Gasteiger partial charge in [-0.1, -0.05) is 6.07 Å². The number of ether oxygens (including phenoxy) is 1. The van der Waals surface area contributed by atoms with Crippen molar-refractivity contribution in [2.45, 2.75) is 58.0 Å². The number of hydrogen-bond donors (Lipinski definition) is 3. The van der Waals surface area contributed by atoms with E-state index in [1.807, 2.05) is 25.3 Å². The summed E-state index contributed by atoms with van der Waals surface area (Å²) in [4.78, 5) is 29.2. The fourth-order valence-corrected chi connectivity index (χ4v) is 6.30. The first-order valence-electron chi connectivity index (χ1n) is 12.4. The van der Waals surface area contributed by atoms with Gasteiger partial charge in [-0.3, -0.25) is 9.69 Å². The van der Waals surface area contributed by atoms with Gasteiger partial charge in [0.2, 0.25) is 11.8 Å². The number of aromatic nitrogens is 1. The topological polar surface area (TPSA) is 94.7 Å². The molecular weight excluding hydrogens is 480 g/mol. The zero-order chi connectivity index (χ0) is 26.5. The van der Waals surface area contributed by atoms with Crippen LogP contribution in [0.25, 0.3) is 10.9 Å². The highest BCUT2D eigenvalue weighted by Gasteiger charge is 2.58. The number of alkyl halides is 2.